The van der Waals surface area contributed by atoms with Crippen LogP contribution < -0.4 is 5.32 Å². The first-order valence-corrected chi connectivity index (χ1v) is 7.62. The average molecular weight is 286 g/mol. The molecule has 4 heteroatoms. The van der Waals surface area contributed by atoms with Gasteiger partial charge in [-0.2, -0.15) is 0 Å². The molecule has 0 unspecified atom stereocenters. The first-order valence-electron chi connectivity index (χ1n) is 7.62. The van der Waals surface area contributed by atoms with Crippen LogP contribution in [0.15, 0.2) is 24.3 Å². The fourth-order valence-electron chi connectivity index (χ4n) is 3.44. The van der Waals surface area contributed by atoms with Gasteiger partial charge in [-0.05, 0) is 31.4 Å². The molecule has 0 atom stereocenters. The van der Waals surface area contributed by atoms with Crippen LogP contribution in [0, 0.1) is 6.92 Å². The van der Waals surface area contributed by atoms with E-state index >= 15 is 0 Å². The number of aryl methyl sites for hydroxylation is 1. The highest BCUT2D eigenvalue weighted by molar-refractivity contribution is 5.90. The molecule has 0 saturated heterocycles. The molecule has 112 valence electrons. The molecule has 4 nitrogen and oxygen atoms in total. The van der Waals surface area contributed by atoms with Crippen molar-refractivity contribution >= 4 is 16.8 Å². The summed E-state index contributed by atoms with van der Waals surface area (Å²) in [7, 11) is 0. The predicted molar refractivity (Wildman–Crippen MR) is 83.2 cm³/mol. The number of aromatic nitrogens is 1. The Bertz CT molecular complexity index is 654. The maximum absolute atomic E-state index is 12.4. The van der Waals surface area contributed by atoms with Crippen molar-refractivity contribution in [2.24, 2.45) is 0 Å². The molecule has 1 heterocycles. The van der Waals surface area contributed by atoms with E-state index < -0.39 is 5.54 Å². The highest BCUT2D eigenvalue weighted by atomic mass is 16.3. The van der Waals surface area contributed by atoms with Crippen molar-refractivity contribution < 1.29 is 9.90 Å². The van der Waals surface area contributed by atoms with Gasteiger partial charge in [0.05, 0.1) is 18.6 Å². The molecule has 1 aromatic heterocycles. The van der Waals surface area contributed by atoms with E-state index in [1.165, 1.54) is 0 Å². The van der Waals surface area contributed by atoms with Gasteiger partial charge >= 0.3 is 0 Å². The molecule has 3 N–H and O–H groups in total. The Hall–Kier alpha value is -1.81. The molecule has 1 aromatic carbocycles. The van der Waals surface area contributed by atoms with Crippen molar-refractivity contribution in [1.82, 2.24) is 10.3 Å². The number of carbonyl (C=O) groups is 1. The maximum Gasteiger partial charge on any atom is 0.225 e. The summed E-state index contributed by atoms with van der Waals surface area (Å²) in [6.45, 7) is 2.03. The lowest BCUT2D eigenvalue weighted by Crippen LogP contribution is -2.49. The van der Waals surface area contributed by atoms with Crippen LogP contribution in [0.5, 0.6) is 0 Å². The van der Waals surface area contributed by atoms with Gasteiger partial charge in [-0.1, -0.05) is 31.0 Å². The zero-order valence-corrected chi connectivity index (χ0v) is 12.4. The quantitative estimate of drug-likeness (QED) is 0.808. The summed E-state index contributed by atoms with van der Waals surface area (Å²) >= 11 is 0. The second-order valence-electron chi connectivity index (χ2n) is 6.14. The summed E-state index contributed by atoms with van der Waals surface area (Å²) < 4.78 is 0. The van der Waals surface area contributed by atoms with Crippen LogP contribution in [0.3, 0.4) is 0 Å². The zero-order chi connectivity index (χ0) is 14.9. The first kappa shape index (κ1) is 14.1. The molecular formula is C17H22N2O2. The number of hydrogen-bond acceptors (Lipinski definition) is 2. The van der Waals surface area contributed by atoms with E-state index in [2.05, 4.69) is 10.3 Å². The number of H-pyrrole nitrogens is 1. The van der Waals surface area contributed by atoms with Crippen LogP contribution >= 0.6 is 0 Å². The standard InChI is InChI=1S/C17H22N2O2/c1-12-14(13-6-2-3-7-15(13)18-12)10-16(21)19-17(11-20)8-4-5-9-17/h2-3,6-7,18,20H,4-5,8-11H2,1H3,(H,19,21). The Morgan fingerprint density at radius 1 is 1.33 bits per heavy atom. The topological polar surface area (TPSA) is 65.1 Å². The zero-order valence-electron chi connectivity index (χ0n) is 12.4. The van der Waals surface area contributed by atoms with Crippen LogP contribution in [-0.4, -0.2) is 28.1 Å². The number of fused-ring (bicyclic) bond motifs is 1. The molecule has 21 heavy (non-hydrogen) atoms. The monoisotopic (exact) mass is 286 g/mol. The van der Waals surface area contributed by atoms with Crippen LogP contribution in [-0.2, 0) is 11.2 Å². The van der Waals surface area contributed by atoms with E-state index in [1.807, 2.05) is 31.2 Å². The fraction of sp³-hybridized carbons (Fsp3) is 0.471. The Morgan fingerprint density at radius 2 is 2.05 bits per heavy atom. The van der Waals surface area contributed by atoms with Gasteiger partial charge in [0.2, 0.25) is 5.91 Å². The van der Waals surface area contributed by atoms with Gasteiger partial charge in [0.1, 0.15) is 0 Å². The number of aliphatic hydroxyl groups is 1. The van der Waals surface area contributed by atoms with Gasteiger partial charge in [-0.3, -0.25) is 4.79 Å². The van der Waals surface area contributed by atoms with Gasteiger partial charge in [-0.15, -0.1) is 0 Å². The summed E-state index contributed by atoms with van der Waals surface area (Å²) in [5, 5.41) is 13.8. The molecular weight excluding hydrogens is 264 g/mol. The second-order valence-corrected chi connectivity index (χ2v) is 6.14. The third kappa shape index (κ3) is 2.68. The number of benzene rings is 1. The van der Waals surface area contributed by atoms with E-state index in [9.17, 15) is 9.90 Å². The van der Waals surface area contributed by atoms with Crippen LogP contribution in [0.4, 0.5) is 0 Å². The Labute approximate surface area is 124 Å². The average Bonchev–Trinajstić information content (AvgIpc) is 3.05. The van der Waals surface area contributed by atoms with Gasteiger partial charge in [0.15, 0.2) is 0 Å². The van der Waals surface area contributed by atoms with E-state index in [4.69, 9.17) is 0 Å². The summed E-state index contributed by atoms with van der Waals surface area (Å²) in [4.78, 5) is 15.7. The first-order chi connectivity index (χ1) is 10.1. The highest BCUT2D eigenvalue weighted by Crippen LogP contribution is 2.29. The van der Waals surface area contributed by atoms with Crippen LogP contribution in [0.1, 0.15) is 36.9 Å². The molecule has 3 rings (SSSR count). The minimum atomic E-state index is -0.392. The van der Waals surface area contributed by atoms with Crippen molar-refractivity contribution in [1.29, 1.82) is 0 Å². The summed E-state index contributed by atoms with van der Waals surface area (Å²) in [5.74, 6) is -0.00111. The molecule has 1 aliphatic carbocycles. The lowest BCUT2D eigenvalue weighted by molar-refractivity contribution is -0.122. The SMILES string of the molecule is Cc1[nH]c2ccccc2c1CC(=O)NC1(CO)CCCC1. The minimum absolute atomic E-state index is 0.00111. The third-order valence-corrected chi connectivity index (χ3v) is 4.63. The van der Waals surface area contributed by atoms with Crippen molar-refractivity contribution in [3.63, 3.8) is 0 Å². The molecule has 2 aromatic rings. The van der Waals surface area contributed by atoms with Crippen LogP contribution in [0.25, 0.3) is 10.9 Å². The Balaban J connectivity index is 1.79. The number of aromatic amines is 1. The summed E-state index contributed by atoms with van der Waals surface area (Å²) in [6.07, 6.45) is 4.27. The lowest BCUT2D eigenvalue weighted by atomic mass is 9.98. The highest BCUT2D eigenvalue weighted by Gasteiger charge is 2.34. The van der Waals surface area contributed by atoms with Crippen LogP contribution in [0.2, 0.25) is 0 Å². The molecule has 0 bridgehead atoms. The van der Waals surface area contributed by atoms with Crippen molar-refractivity contribution in [2.45, 2.75) is 44.6 Å². The number of carbonyl (C=O) groups excluding carboxylic acids is 1. The maximum atomic E-state index is 12.4. The normalized spacial score (nSPS) is 17.2. The number of rotatable bonds is 4. The molecule has 1 fully saturated rings. The summed E-state index contributed by atoms with van der Waals surface area (Å²) in [6, 6.07) is 8.04. The molecule has 0 radical (unpaired) electrons. The second kappa shape index (κ2) is 5.53. The number of aliphatic hydroxyl groups excluding tert-OH is 1. The predicted octanol–water partition coefficient (Wildman–Crippen LogP) is 2.44. The molecule has 0 aliphatic heterocycles. The van der Waals surface area contributed by atoms with Gasteiger partial charge < -0.3 is 15.4 Å². The van der Waals surface area contributed by atoms with E-state index in [1.54, 1.807) is 0 Å². The molecule has 1 saturated carbocycles. The minimum Gasteiger partial charge on any atom is -0.394 e. The molecule has 1 aliphatic rings. The molecule has 0 spiro atoms. The Morgan fingerprint density at radius 3 is 2.76 bits per heavy atom. The lowest BCUT2D eigenvalue weighted by Gasteiger charge is -2.28. The molecule has 1 amide bonds. The van der Waals surface area contributed by atoms with Crippen molar-refractivity contribution in [3.05, 3.63) is 35.5 Å². The largest absolute Gasteiger partial charge is 0.394 e. The number of nitrogens with one attached hydrogen (secondary N) is 2. The number of amides is 1. The number of para-hydroxylation sites is 1. The van der Waals surface area contributed by atoms with E-state index in [0.717, 1.165) is 47.8 Å². The van der Waals surface area contributed by atoms with E-state index in [0.29, 0.717) is 6.42 Å². The van der Waals surface area contributed by atoms with Gasteiger partial charge in [0, 0.05) is 16.6 Å². The summed E-state index contributed by atoms with van der Waals surface area (Å²) in [5.41, 5.74) is 2.76. The van der Waals surface area contributed by atoms with E-state index in [-0.39, 0.29) is 12.5 Å². The van der Waals surface area contributed by atoms with Crippen molar-refractivity contribution in [3.8, 4) is 0 Å². The number of hydrogen-bond donors (Lipinski definition) is 3. The van der Waals surface area contributed by atoms with Gasteiger partial charge in [0.25, 0.3) is 0 Å². The third-order valence-electron chi connectivity index (χ3n) is 4.63. The fourth-order valence-corrected chi connectivity index (χ4v) is 3.44. The Kier molecular flexibility index (Phi) is 3.72. The van der Waals surface area contributed by atoms with Gasteiger partial charge in [-0.25, -0.2) is 0 Å². The smallest absolute Gasteiger partial charge is 0.225 e. The van der Waals surface area contributed by atoms with Crippen molar-refractivity contribution in [2.75, 3.05) is 6.61 Å².